The molecule has 8 heteroatoms. The van der Waals surface area contributed by atoms with E-state index in [1.807, 2.05) is 0 Å². The van der Waals surface area contributed by atoms with Crippen molar-refractivity contribution in [2.45, 2.75) is 18.5 Å². The van der Waals surface area contributed by atoms with Gasteiger partial charge in [-0.2, -0.15) is 12.6 Å². The maximum Gasteiger partial charge on any atom is 0.320 e. The number of nitrogens with two attached hydrogens (primary N) is 2. The van der Waals surface area contributed by atoms with Crippen molar-refractivity contribution in [1.82, 2.24) is 0 Å². The van der Waals surface area contributed by atoms with Gasteiger partial charge in [0.05, 0.1) is 11.6 Å². The van der Waals surface area contributed by atoms with Crippen molar-refractivity contribution >= 4 is 24.4 Å². The molecule has 7 nitrogen and oxygen atoms in total. The molecule has 7 N–H and O–H groups in total. The van der Waals surface area contributed by atoms with E-state index in [0.717, 1.165) is 6.07 Å². The van der Waals surface area contributed by atoms with Crippen LogP contribution >= 0.6 is 12.6 Å². The molecule has 0 aliphatic heterocycles. The van der Waals surface area contributed by atoms with Crippen LogP contribution in [0.5, 0.6) is 11.5 Å². The number of carboxylic acid groups (broad SMARTS) is 1. The molecule has 2 atom stereocenters. The number of carboxylic acids is 1. The third-order valence-electron chi connectivity index (χ3n) is 2.78. The van der Waals surface area contributed by atoms with Gasteiger partial charge >= 0.3 is 5.97 Å². The summed E-state index contributed by atoms with van der Waals surface area (Å²) >= 11 is 3.89. The van der Waals surface area contributed by atoms with Crippen LogP contribution in [0.3, 0.4) is 0 Å². The van der Waals surface area contributed by atoms with E-state index in [0.29, 0.717) is 0 Å². The fourth-order valence-corrected chi connectivity index (χ4v) is 1.83. The van der Waals surface area contributed by atoms with Gasteiger partial charge in [0.25, 0.3) is 0 Å². The van der Waals surface area contributed by atoms with Crippen LogP contribution < -0.4 is 11.5 Å². The predicted molar refractivity (Wildman–Crippen MR) is 75.2 cm³/mol. The number of ketones is 1. The first kappa shape index (κ1) is 16.3. The SMILES string of the molecule is NC(Cc1ccc(O)c(O)c1C(=O)C(N)CS)C(=O)O. The van der Waals surface area contributed by atoms with Crippen LogP contribution in [0.25, 0.3) is 0 Å². The van der Waals surface area contributed by atoms with Gasteiger partial charge in [-0.3, -0.25) is 9.59 Å². The van der Waals surface area contributed by atoms with Gasteiger partial charge in [-0.05, 0) is 18.1 Å². The highest BCUT2D eigenvalue weighted by atomic mass is 32.1. The number of hydrogen-bond acceptors (Lipinski definition) is 7. The summed E-state index contributed by atoms with van der Waals surface area (Å²) in [5.74, 6) is -2.97. The van der Waals surface area contributed by atoms with Crippen molar-refractivity contribution in [2.24, 2.45) is 11.5 Å². The third kappa shape index (κ3) is 3.41. The zero-order valence-corrected chi connectivity index (χ0v) is 11.4. The van der Waals surface area contributed by atoms with E-state index in [1.54, 1.807) is 0 Å². The highest BCUT2D eigenvalue weighted by Gasteiger charge is 2.25. The number of carbonyl (C=O) groups is 2. The molecule has 0 aliphatic carbocycles. The Hall–Kier alpha value is -1.77. The lowest BCUT2D eigenvalue weighted by Gasteiger charge is -2.16. The second-order valence-corrected chi connectivity index (χ2v) is 4.63. The topological polar surface area (TPSA) is 147 Å². The molecule has 1 aromatic carbocycles. The predicted octanol–water partition coefficient (Wildman–Crippen LogP) is -0.508. The Morgan fingerprint density at radius 1 is 1.20 bits per heavy atom. The molecule has 2 unspecified atom stereocenters. The minimum Gasteiger partial charge on any atom is -0.504 e. The number of thiol groups is 1. The zero-order chi connectivity index (χ0) is 15.4. The van der Waals surface area contributed by atoms with Crippen molar-refractivity contribution in [3.8, 4) is 11.5 Å². The summed E-state index contributed by atoms with van der Waals surface area (Å²) in [6, 6.07) is 0.266. The summed E-state index contributed by atoms with van der Waals surface area (Å²) in [6.45, 7) is 0. The Bertz CT molecular complexity index is 535. The molecule has 110 valence electrons. The standard InChI is InChI=1S/C12H16N2O5S/c13-6(12(18)19)3-5-1-2-8(15)11(17)9(5)10(16)7(14)4-20/h1-2,6-7,15,17,20H,3-4,13-14H2,(H,18,19). The Labute approximate surface area is 120 Å². The summed E-state index contributed by atoms with van der Waals surface area (Å²) in [4.78, 5) is 22.9. The number of benzene rings is 1. The van der Waals surface area contributed by atoms with Gasteiger partial charge in [0.2, 0.25) is 0 Å². The molecule has 0 spiro atoms. The van der Waals surface area contributed by atoms with Crippen molar-refractivity contribution < 1.29 is 24.9 Å². The molecule has 1 rings (SSSR count). The van der Waals surface area contributed by atoms with Crippen molar-refractivity contribution in [1.29, 1.82) is 0 Å². The molecular weight excluding hydrogens is 284 g/mol. The zero-order valence-electron chi connectivity index (χ0n) is 10.5. The Kier molecular flexibility index (Phi) is 5.37. The van der Waals surface area contributed by atoms with E-state index in [2.05, 4.69) is 12.6 Å². The fraction of sp³-hybridized carbons (Fsp3) is 0.333. The van der Waals surface area contributed by atoms with Gasteiger partial charge in [-0.15, -0.1) is 0 Å². The second-order valence-electron chi connectivity index (χ2n) is 4.27. The van der Waals surface area contributed by atoms with Crippen molar-refractivity contribution in [3.05, 3.63) is 23.3 Å². The quantitative estimate of drug-likeness (QED) is 0.235. The van der Waals surface area contributed by atoms with Gasteiger partial charge in [0, 0.05) is 5.75 Å². The Balaban J connectivity index is 3.28. The highest BCUT2D eigenvalue weighted by Crippen LogP contribution is 2.32. The van der Waals surface area contributed by atoms with Crippen molar-refractivity contribution in [3.63, 3.8) is 0 Å². The van der Waals surface area contributed by atoms with E-state index in [1.165, 1.54) is 6.07 Å². The number of hydrogen-bond donors (Lipinski definition) is 6. The van der Waals surface area contributed by atoms with Crippen LogP contribution in [-0.2, 0) is 11.2 Å². The lowest BCUT2D eigenvalue weighted by atomic mass is 9.94. The number of carbonyl (C=O) groups excluding carboxylic acids is 1. The lowest BCUT2D eigenvalue weighted by Crippen LogP contribution is -2.35. The minimum absolute atomic E-state index is 0.0400. The summed E-state index contributed by atoms with van der Waals surface area (Å²) in [5, 5.41) is 28.1. The monoisotopic (exact) mass is 300 g/mol. The molecule has 0 saturated carbocycles. The maximum absolute atomic E-state index is 12.1. The van der Waals surface area contributed by atoms with E-state index in [9.17, 15) is 19.8 Å². The highest BCUT2D eigenvalue weighted by molar-refractivity contribution is 7.80. The third-order valence-corrected chi connectivity index (χ3v) is 3.17. The first-order valence-electron chi connectivity index (χ1n) is 5.72. The Morgan fingerprint density at radius 2 is 1.80 bits per heavy atom. The summed E-state index contributed by atoms with van der Waals surface area (Å²) in [7, 11) is 0. The van der Waals surface area contributed by atoms with Crippen LogP contribution in [0.1, 0.15) is 15.9 Å². The number of Topliss-reactive ketones (excluding diaryl/α,β-unsaturated/α-hetero) is 1. The normalized spacial score (nSPS) is 13.8. The number of rotatable bonds is 6. The van der Waals surface area contributed by atoms with Crippen LogP contribution in [-0.4, -0.2) is 44.9 Å². The van der Waals surface area contributed by atoms with Gasteiger partial charge in [-0.25, -0.2) is 0 Å². The molecule has 0 bridgehead atoms. The van der Waals surface area contributed by atoms with E-state index in [4.69, 9.17) is 16.6 Å². The average Bonchev–Trinajstić information content (AvgIpc) is 2.41. The largest absolute Gasteiger partial charge is 0.504 e. The maximum atomic E-state index is 12.1. The van der Waals surface area contributed by atoms with Crippen LogP contribution in [0.4, 0.5) is 0 Å². The molecule has 0 aliphatic rings. The van der Waals surface area contributed by atoms with Gasteiger partial charge in [0.1, 0.15) is 6.04 Å². The van der Waals surface area contributed by atoms with Crippen molar-refractivity contribution in [2.75, 3.05) is 5.75 Å². The molecule has 0 saturated heterocycles. The first-order valence-corrected chi connectivity index (χ1v) is 6.35. The fourth-order valence-electron chi connectivity index (χ4n) is 1.66. The molecule has 20 heavy (non-hydrogen) atoms. The summed E-state index contributed by atoms with van der Waals surface area (Å²) < 4.78 is 0. The number of aromatic hydroxyl groups is 2. The first-order chi connectivity index (χ1) is 9.29. The van der Waals surface area contributed by atoms with E-state index in [-0.39, 0.29) is 23.3 Å². The molecule has 0 aromatic heterocycles. The summed E-state index contributed by atoms with van der Waals surface area (Å²) in [6.07, 6.45) is -0.177. The summed E-state index contributed by atoms with van der Waals surface area (Å²) in [5.41, 5.74) is 11.0. The van der Waals surface area contributed by atoms with Crippen LogP contribution in [0.15, 0.2) is 12.1 Å². The molecule has 0 heterocycles. The second kappa shape index (κ2) is 6.60. The average molecular weight is 300 g/mol. The Morgan fingerprint density at radius 3 is 2.30 bits per heavy atom. The molecule has 1 aromatic rings. The van der Waals surface area contributed by atoms with Crippen LogP contribution in [0.2, 0.25) is 0 Å². The molecular formula is C12H16N2O5S. The van der Waals surface area contributed by atoms with Gasteiger partial charge in [-0.1, -0.05) is 6.07 Å². The van der Waals surface area contributed by atoms with Crippen LogP contribution in [0, 0.1) is 0 Å². The molecule has 0 fully saturated rings. The van der Waals surface area contributed by atoms with E-state index >= 15 is 0 Å². The number of phenolic OH excluding ortho intramolecular Hbond substituents is 2. The molecule has 0 amide bonds. The number of phenols is 2. The number of aliphatic carboxylic acids is 1. The smallest absolute Gasteiger partial charge is 0.320 e. The van der Waals surface area contributed by atoms with Gasteiger partial charge < -0.3 is 26.8 Å². The van der Waals surface area contributed by atoms with E-state index < -0.39 is 35.3 Å². The van der Waals surface area contributed by atoms with Gasteiger partial charge in [0.15, 0.2) is 17.3 Å². The lowest BCUT2D eigenvalue weighted by molar-refractivity contribution is -0.138. The molecule has 0 radical (unpaired) electrons. The minimum atomic E-state index is -1.24.